The van der Waals surface area contributed by atoms with Crippen molar-refractivity contribution in [2.24, 2.45) is 11.8 Å². The highest BCUT2D eigenvalue weighted by Gasteiger charge is 2.37. The Kier molecular flexibility index (Phi) is 17.7. The summed E-state index contributed by atoms with van der Waals surface area (Å²) >= 11 is 6.16. The standard InChI is InChI=1S/C47H65ClF3N7O8/c1-31(33-11-20-55(21-12-33)22-16-42(60)65-26-6-18-56-17-5-4-7-41(56)59)10-19-54(2)44(61)40(29-32-27-37(47(49,50)51)43(52)38(48)28-32)66-46(63)57-23-14-35(15-24-57)58-25-13-34-30-36(64-3)8-9-39(34)53-45(58)62/h8-9,27-28,30-31,33,35,40H,4-7,10-26,29,52H2,1-3H3,(H,53,62)/t31?,40-/m1/s1. The van der Waals surface area contributed by atoms with Crippen LogP contribution in [0.1, 0.15) is 87.8 Å². The number of amides is 5. The molecule has 1 unspecified atom stereocenters. The number of benzene rings is 2. The number of hydrogen-bond acceptors (Lipinski definition) is 10. The second-order valence-electron chi connectivity index (χ2n) is 18.1. The van der Waals surface area contributed by atoms with Crippen LogP contribution >= 0.6 is 11.6 Å². The molecule has 0 aliphatic carbocycles. The second-order valence-corrected chi connectivity index (χ2v) is 18.5. The SMILES string of the molecule is COc1ccc2c(c1)CCN(C1CCN(C(=O)O[C@H](Cc3cc(Cl)c(N)c(C(F)(F)F)c3)C(=O)N(C)CCC(C)C3CCN(CCC(=O)OCCCN4CCCCC4=O)CC3)CC1)C(=O)N2. The van der Waals surface area contributed by atoms with Crippen LogP contribution in [0.3, 0.4) is 0 Å². The van der Waals surface area contributed by atoms with E-state index >= 15 is 0 Å². The van der Waals surface area contributed by atoms with Crippen LogP contribution < -0.4 is 15.8 Å². The van der Waals surface area contributed by atoms with Gasteiger partial charge in [0.05, 0.1) is 36.4 Å². The van der Waals surface area contributed by atoms with Gasteiger partial charge in [-0.15, -0.1) is 0 Å². The molecule has 19 heteroatoms. The first-order chi connectivity index (χ1) is 31.5. The fourth-order valence-corrected chi connectivity index (χ4v) is 9.72. The molecule has 2 aromatic carbocycles. The third kappa shape index (κ3) is 13.6. The molecule has 4 aliphatic heterocycles. The monoisotopic (exact) mass is 947 g/mol. The Labute approximate surface area is 390 Å². The lowest BCUT2D eigenvalue weighted by Gasteiger charge is -2.38. The molecule has 5 amide bonds. The molecule has 0 bridgehead atoms. The maximum atomic E-state index is 14.1. The topological polar surface area (TPSA) is 167 Å². The molecule has 6 rings (SSSR count). The lowest BCUT2D eigenvalue weighted by atomic mass is 9.83. The maximum absolute atomic E-state index is 14.1. The van der Waals surface area contributed by atoms with Crippen LogP contribution in [0, 0.1) is 11.8 Å². The molecule has 66 heavy (non-hydrogen) atoms. The predicted octanol–water partition coefficient (Wildman–Crippen LogP) is 7.08. The lowest BCUT2D eigenvalue weighted by Crippen LogP contribution is -2.51. The number of methoxy groups -OCH3 is 1. The molecule has 3 saturated heterocycles. The Hall–Kier alpha value is -4.97. The van der Waals surface area contributed by atoms with Gasteiger partial charge in [0.2, 0.25) is 5.91 Å². The van der Waals surface area contributed by atoms with E-state index in [1.165, 1.54) is 15.9 Å². The van der Waals surface area contributed by atoms with Gasteiger partial charge in [0.25, 0.3) is 5.91 Å². The quantitative estimate of drug-likeness (QED) is 0.0951. The summed E-state index contributed by atoms with van der Waals surface area (Å²) in [6, 6.07) is 7.19. The van der Waals surface area contributed by atoms with Gasteiger partial charge in [-0.25, -0.2) is 9.59 Å². The number of rotatable bonds is 17. The third-order valence-corrected chi connectivity index (χ3v) is 14.0. The summed E-state index contributed by atoms with van der Waals surface area (Å²) in [6.07, 6.45) is 0.0418. The number of nitrogen functional groups attached to an aromatic ring is 1. The molecule has 3 N–H and O–H groups in total. The van der Waals surface area contributed by atoms with E-state index in [1.807, 2.05) is 17.0 Å². The molecule has 15 nitrogen and oxygen atoms in total. The normalized spacial score (nSPS) is 18.8. The number of esters is 1. The number of likely N-dealkylation sites (N-methyl/N-ethyl adjacent to an activating group) is 1. The second kappa shape index (κ2) is 23.2. The zero-order valence-electron chi connectivity index (χ0n) is 38.3. The molecule has 4 heterocycles. The van der Waals surface area contributed by atoms with Crippen molar-refractivity contribution >= 4 is 52.9 Å². The van der Waals surface area contributed by atoms with Gasteiger partial charge in [-0.05, 0) is 124 Å². The van der Waals surface area contributed by atoms with E-state index in [0.29, 0.717) is 95.1 Å². The van der Waals surface area contributed by atoms with Gasteiger partial charge in [0.15, 0.2) is 6.10 Å². The van der Waals surface area contributed by atoms with E-state index in [0.717, 1.165) is 56.9 Å². The highest BCUT2D eigenvalue weighted by atomic mass is 35.5. The summed E-state index contributed by atoms with van der Waals surface area (Å²) in [6.45, 7) is 7.32. The van der Waals surface area contributed by atoms with Gasteiger partial charge in [-0.2, -0.15) is 13.2 Å². The highest BCUT2D eigenvalue weighted by Crippen LogP contribution is 2.38. The minimum Gasteiger partial charge on any atom is -0.497 e. The van der Waals surface area contributed by atoms with Crippen molar-refractivity contribution in [1.82, 2.24) is 24.5 Å². The molecule has 2 aromatic rings. The van der Waals surface area contributed by atoms with Gasteiger partial charge < -0.3 is 49.8 Å². The zero-order valence-corrected chi connectivity index (χ0v) is 39.1. The van der Waals surface area contributed by atoms with Crippen LogP contribution in [0.2, 0.25) is 5.02 Å². The smallest absolute Gasteiger partial charge is 0.418 e. The van der Waals surface area contributed by atoms with Crippen LogP contribution in [-0.2, 0) is 42.9 Å². The number of nitrogens with one attached hydrogen (secondary N) is 1. The summed E-state index contributed by atoms with van der Waals surface area (Å²) in [7, 11) is 3.18. The summed E-state index contributed by atoms with van der Waals surface area (Å²) < 4.78 is 58.5. The number of anilines is 2. The number of nitrogens with zero attached hydrogens (tertiary/aromatic N) is 5. The molecule has 2 atom stereocenters. The number of urea groups is 1. The average Bonchev–Trinajstić information content (AvgIpc) is 3.47. The van der Waals surface area contributed by atoms with Crippen molar-refractivity contribution in [2.75, 3.05) is 90.7 Å². The van der Waals surface area contributed by atoms with Crippen molar-refractivity contribution in [2.45, 2.75) is 102 Å². The highest BCUT2D eigenvalue weighted by molar-refractivity contribution is 6.33. The van der Waals surface area contributed by atoms with E-state index in [2.05, 4.69) is 17.1 Å². The Bertz CT molecular complexity index is 2030. The largest absolute Gasteiger partial charge is 0.497 e. The molecule has 0 spiro atoms. The minimum atomic E-state index is -4.81. The van der Waals surface area contributed by atoms with Crippen LogP contribution in [0.5, 0.6) is 5.75 Å². The van der Waals surface area contributed by atoms with E-state index < -0.39 is 35.5 Å². The van der Waals surface area contributed by atoms with E-state index in [1.54, 1.807) is 25.1 Å². The number of halogens is 4. The number of ether oxygens (including phenoxy) is 3. The van der Waals surface area contributed by atoms with Crippen LogP contribution in [-0.4, -0.2) is 146 Å². The van der Waals surface area contributed by atoms with Gasteiger partial charge in [0.1, 0.15) is 5.75 Å². The molecular formula is C47H65ClF3N7O8. The Morgan fingerprint density at radius 2 is 1.71 bits per heavy atom. The lowest BCUT2D eigenvalue weighted by molar-refractivity contribution is -0.144. The number of carbonyl (C=O) groups is 5. The number of carbonyl (C=O) groups excluding carboxylic acids is 5. The van der Waals surface area contributed by atoms with Crippen molar-refractivity contribution in [3.63, 3.8) is 0 Å². The third-order valence-electron chi connectivity index (χ3n) is 13.7. The Morgan fingerprint density at radius 1 is 0.970 bits per heavy atom. The Balaban J connectivity index is 0.990. The predicted molar refractivity (Wildman–Crippen MR) is 243 cm³/mol. The maximum Gasteiger partial charge on any atom is 0.418 e. The first-order valence-corrected chi connectivity index (χ1v) is 23.6. The van der Waals surface area contributed by atoms with Gasteiger partial charge >= 0.3 is 24.3 Å². The van der Waals surface area contributed by atoms with Gasteiger partial charge in [-0.3, -0.25) is 14.4 Å². The molecule has 0 radical (unpaired) electrons. The van der Waals surface area contributed by atoms with E-state index in [4.69, 9.17) is 31.5 Å². The fraction of sp³-hybridized carbons (Fsp3) is 0.638. The van der Waals surface area contributed by atoms with Crippen molar-refractivity contribution in [3.8, 4) is 5.75 Å². The first-order valence-electron chi connectivity index (χ1n) is 23.3. The van der Waals surface area contributed by atoms with E-state index in [-0.39, 0.29) is 60.0 Å². The average molecular weight is 949 g/mol. The molecule has 4 aliphatic rings. The van der Waals surface area contributed by atoms with Crippen LogP contribution in [0.4, 0.5) is 34.1 Å². The number of likely N-dealkylation sites (tertiary alicyclic amines) is 3. The van der Waals surface area contributed by atoms with Crippen molar-refractivity contribution in [1.29, 1.82) is 0 Å². The first kappa shape index (κ1) is 50.4. The molecular weight excluding hydrogens is 883 g/mol. The van der Waals surface area contributed by atoms with Crippen LogP contribution in [0.25, 0.3) is 0 Å². The molecule has 0 saturated carbocycles. The number of hydrogen-bond donors (Lipinski definition) is 2. The zero-order chi connectivity index (χ0) is 47.5. The van der Waals surface area contributed by atoms with Crippen LogP contribution in [0.15, 0.2) is 30.3 Å². The van der Waals surface area contributed by atoms with Crippen molar-refractivity contribution in [3.05, 3.63) is 52.0 Å². The summed E-state index contributed by atoms with van der Waals surface area (Å²) in [5, 5.41) is 2.65. The summed E-state index contributed by atoms with van der Waals surface area (Å²) in [4.78, 5) is 74.3. The summed E-state index contributed by atoms with van der Waals surface area (Å²) in [5.41, 5.74) is 5.62. The number of alkyl halides is 3. The molecule has 0 aromatic heterocycles. The van der Waals surface area contributed by atoms with Gasteiger partial charge in [-0.1, -0.05) is 18.5 Å². The van der Waals surface area contributed by atoms with Gasteiger partial charge in [0, 0.05) is 77.4 Å². The fourth-order valence-electron chi connectivity index (χ4n) is 9.48. The molecule has 364 valence electrons. The summed E-state index contributed by atoms with van der Waals surface area (Å²) in [5.74, 6) is 0.663. The number of fused-ring (bicyclic) bond motifs is 1. The number of nitrogens with two attached hydrogens (primary N) is 1. The Morgan fingerprint density at radius 3 is 2.41 bits per heavy atom. The van der Waals surface area contributed by atoms with Crippen molar-refractivity contribution < 1.29 is 51.4 Å². The minimum absolute atomic E-state index is 0.0320. The number of piperidine rings is 3. The van der Waals surface area contributed by atoms with E-state index in [9.17, 15) is 37.1 Å². The molecule has 3 fully saturated rings.